The second-order valence-electron chi connectivity index (χ2n) is 5.99. The van der Waals surface area contributed by atoms with Crippen LogP contribution in [0.15, 0.2) is 24.3 Å². The lowest BCUT2D eigenvalue weighted by molar-refractivity contribution is -0.384. The molecule has 2 N–H and O–H groups in total. The average Bonchev–Trinajstić information content (AvgIpc) is 3.02. The molecule has 0 spiro atoms. The van der Waals surface area contributed by atoms with Gasteiger partial charge in [0.1, 0.15) is 5.69 Å². The summed E-state index contributed by atoms with van der Waals surface area (Å²) in [6.45, 7) is 3.09. The zero-order chi connectivity index (χ0) is 16.8. The lowest BCUT2D eigenvalue weighted by Crippen LogP contribution is -2.55. The Morgan fingerprint density at radius 1 is 1.38 bits per heavy atom. The highest BCUT2D eigenvalue weighted by Crippen LogP contribution is 2.30. The van der Waals surface area contributed by atoms with Gasteiger partial charge in [-0.3, -0.25) is 10.1 Å². The smallest absolute Gasteiger partial charge is 0.333 e. The van der Waals surface area contributed by atoms with Gasteiger partial charge in [0, 0.05) is 20.1 Å². The van der Waals surface area contributed by atoms with Crippen LogP contribution in [-0.2, 0) is 7.05 Å². The molecule has 1 aliphatic heterocycles. The molecule has 1 aliphatic rings. The number of hydrogen-bond donors (Lipinski definition) is 2. The number of hydrogen-bond acceptors (Lipinski definition) is 6. The van der Waals surface area contributed by atoms with Crippen molar-refractivity contribution in [2.45, 2.75) is 13.0 Å². The van der Waals surface area contributed by atoms with Crippen molar-refractivity contribution in [1.82, 2.24) is 19.7 Å². The predicted molar refractivity (Wildman–Crippen MR) is 90.3 cm³/mol. The third-order valence-electron chi connectivity index (χ3n) is 4.27. The molecule has 24 heavy (non-hydrogen) atoms. The van der Waals surface area contributed by atoms with Crippen LogP contribution in [0.3, 0.4) is 0 Å². The Balaban J connectivity index is 1.48. The standard InChI is InChI=1S/C15H17N7O2/c1-9-13(22(23)24)14(20(2)19-9)16-10-7-21(8-10)15-17-11-5-3-4-6-12(11)18-15/h3-6,10,16H,7-8H2,1-2H3,(H,17,18). The van der Waals surface area contributed by atoms with Crippen LogP contribution in [0.5, 0.6) is 0 Å². The summed E-state index contributed by atoms with van der Waals surface area (Å²) in [6.07, 6.45) is 0. The van der Waals surface area contributed by atoms with E-state index in [1.807, 2.05) is 24.3 Å². The molecule has 0 atom stereocenters. The number of imidazole rings is 1. The van der Waals surface area contributed by atoms with Crippen LogP contribution in [0.1, 0.15) is 5.69 Å². The monoisotopic (exact) mass is 327 g/mol. The van der Waals surface area contributed by atoms with Crippen molar-refractivity contribution in [2.75, 3.05) is 23.3 Å². The Morgan fingerprint density at radius 3 is 2.83 bits per heavy atom. The molecule has 9 nitrogen and oxygen atoms in total. The number of nitrogens with zero attached hydrogens (tertiary/aromatic N) is 5. The fourth-order valence-corrected chi connectivity index (χ4v) is 3.05. The van der Waals surface area contributed by atoms with Crippen LogP contribution >= 0.6 is 0 Å². The molecule has 0 unspecified atom stereocenters. The Bertz CT molecular complexity index is 890. The van der Waals surface area contributed by atoms with E-state index in [0.717, 1.165) is 30.1 Å². The molecule has 1 fully saturated rings. The van der Waals surface area contributed by atoms with Gasteiger partial charge in [-0.1, -0.05) is 12.1 Å². The number of aromatic nitrogens is 4. The molecule has 124 valence electrons. The first kappa shape index (κ1) is 14.5. The van der Waals surface area contributed by atoms with E-state index in [1.54, 1.807) is 14.0 Å². The lowest BCUT2D eigenvalue weighted by atomic mass is 10.1. The number of anilines is 2. The molecular weight excluding hydrogens is 310 g/mol. The van der Waals surface area contributed by atoms with Crippen molar-refractivity contribution in [3.8, 4) is 0 Å². The SMILES string of the molecule is Cc1nn(C)c(NC2CN(c3nc4ccccc4[nH]3)C2)c1[N+](=O)[O-]. The van der Waals surface area contributed by atoms with Gasteiger partial charge >= 0.3 is 5.69 Å². The third kappa shape index (κ3) is 2.25. The van der Waals surface area contributed by atoms with Gasteiger partial charge in [-0.15, -0.1) is 0 Å². The predicted octanol–water partition coefficient (Wildman–Crippen LogP) is 1.81. The Hall–Kier alpha value is -3.10. The first-order chi connectivity index (χ1) is 11.5. The van der Waals surface area contributed by atoms with E-state index in [0.29, 0.717) is 11.5 Å². The summed E-state index contributed by atoms with van der Waals surface area (Å²) in [7, 11) is 1.71. The Morgan fingerprint density at radius 2 is 2.12 bits per heavy atom. The number of fused-ring (bicyclic) bond motifs is 1. The Labute approximate surface area is 137 Å². The molecule has 0 aliphatic carbocycles. The number of benzene rings is 1. The first-order valence-corrected chi connectivity index (χ1v) is 7.67. The largest absolute Gasteiger partial charge is 0.358 e. The quantitative estimate of drug-likeness (QED) is 0.559. The van der Waals surface area contributed by atoms with Crippen LogP contribution in [0, 0.1) is 17.0 Å². The van der Waals surface area contributed by atoms with Gasteiger partial charge in [-0.05, 0) is 19.1 Å². The molecule has 3 heterocycles. The summed E-state index contributed by atoms with van der Waals surface area (Å²) in [5, 5.41) is 18.6. The minimum absolute atomic E-state index is 0.0414. The number of rotatable bonds is 4. The molecule has 4 rings (SSSR count). The second kappa shape index (κ2) is 5.22. The molecule has 9 heteroatoms. The minimum Gasteiger partial charge on any atom is -0.358 e. The Kier molecular flexibility index (Phi) is 3.15. The highest BCUT2D eigenvalue weighted by Gasteiger charge is 2.33. The van der Waals surface area contributed by atoms with Gasteiger partial charge in [0.05, 0.1) is 22.0 Å². The maximum atomic E-state index is 11.2. The van der Waals surface area contributed by atoms with E-state index < -0.39 is 0 Å². The van der Waals surface area contributed by atoms with Gasteiger partial charge in [0.15, 0.2) is 0 Å². The number of H-pyrrole nitrogens is 1. The summed E-state index contributed by atoms with van der Waals surface area (Å²) in [6, 6.07) is 7.99. The van der Waals surface area contributed by atoms with Crippen molar-refractivity contribution < 1.29 is 4.92 Å². The summed E-state index contributed by atoms with van der Waals surface area (Å²) in [4.78, 5) is 20.8. The number of nitro groups is 1. The van der Waals surface area contributed by atoms with Gasteiger partial charge in [-0.2, -0.15) is 5.10 Å². The van der Waals surface area contributed by atoms with E-state index in [2.05, 4.69) is 25.3 Å². The van der Waals surface area contributed by atoms with E-state index in [1.165, 1.54) is 4.68 Å². The molecule has 0 saturated carbocycles. The van der Waals surface area contributed by atoms with Crippen LogP contribution in [0.2, 0.25) is 0 Å². The van der Waals surface area contributed by atoms with Crippen molar-refractivity contribution in [3.63, 3.8) is 0 Å². The maximum Gasteiger partial charge on any atom is 0.333 e. The number of para-hydroxylation sites is 2. The molecular formula is C15H17N7O2. The van der Waals surface area contributed by atoms with Gasteiger partial charge in [0.2, 0.25) is 11.8 Å². The second-order valence-corrected chi connectivity index (χ2v) is 5.99. The average molecular weight is 327 g/mol. The molecule has 1 aromatic carbocycles. The van der Waals surface area contributed by atoms with Gasteiger partial charge in [0.25, 0.3) is 0 Å². The summed E-state index contributed by atoms with van der Waals surface area (Å²) in [5.41, 5.74) is 2.39. The van der Waals surface area contributed by atoms with Gasteiger partial charge in [-0.25, -0.2) is 9.67 Å². The molecule has 3 aromatic rings. The highest BCUT2D eigenvalue weighted by atomic mass is 16.6. The van der Waals surface area contributed by atoms with Crippen LogP contribution in [0.25, 0.3) is 11.0 Å². The molecule has 0 radical (unpaired) electrons. The van der Waals surface area contributed by atoms with E-state index in [9.17, 15) is 10.1 Å². The van der Waals surface area contributed by atoms with Crippen LogP contribution < -0.4 is 10.2 Å². The normalized spacial score (nSPS) is 14.8. The topological polar surface area (TPSA) is 105 Å². The highest BCUT2D eigenvalue weighted by molar-refractivity contribution is 5.77. The van der Waals surface area contributed by atoms with Crippen molar-refractivity contribution in [3.05, 3.63) is 40.1 Å². The third-order valence-corrected chi connectivity index (χ3v) is 4.27. The number of aryl methyl sites for hydroxylation is 2. The summed E-state index contributed by atoms with van der Waals surface area (Å²) < 4.78 is 1.53. The first-order valence-electron chi connectivity index (χ1n) is 7.67. The number of nitrogens with one attached hydrogen (secondary N) is 2. The number of aromatic amines is 1. The van der Waals surface area contributed by atoms with Crippen molar-refractivity contribution >= 4 is 28.5 Å². The molecule has 0 amide bonds. The fraction of sp³-hybridized carbons (Fsp3) is 0.333. The molecule has 0 bridgehead atoms. The molecule has 2 aromatic heterocycles. The minimum atomic E-state index is -0.389. The summed E-state index contributed by atoms with van der Waals surface area (Å²) in [5.74, 6) is 1.27. The lowest BCUT2D eigenvalue weighted by Gasteiger charge is -2.39. The van der Waals surface area contributed by atoms with Crippen molar-refractivity contribution in [2.24, 2.45) is 7.05 Å². The maximum absolute atomic E-state index is 11.2. The van der Waals surface area contributed by atoms with Crippen molar-refractivity contribution in [1.29, 1.82) is 0 Å². The van der Waals surface area contributed by atoms with Crippen LogP contribution in [-0.4, -0.2) is 43.8 Å². The molecule has 1 saturated heterocycles. The van der Waals surface area contributed by atoms with E-state index in [4.69, 9.17) is 0 Å². The fourth-order valence-electron chi connectivity index (χ4n) is 3.05. The van der Waals surface area contributed by atoms with E-state index >= 15 is 0 Å². The zero-order valence-corrected chi connectivity index (χ0v) is 13.4. The van der Waals surface area contributed by atoms with Crippen LogP contribution in [0.4, 0.5) is 17.5 Å². The zero-order valence-electron chi connectivity index (χ0n) is 13.4. The van der Waals surface area contributed by atoms with Gasteiger partial charge < -0.3 is 15.2 Å². The summed E-state index contributed by atoms with van der Waals surface area (Å²) >= 11 is 0. The van der Waals surface area contributed by atoms with E-state index in [-0.39, 0.29) is 16.7 Å².